The maximum absolute atomic E-state index is 12.1. The van der Waals surface area contributed by atoms with E-state index in [4.69, 9.17) is 14.2 Å². The van der Waals surface area contributed by atoms with Gasteiger partial charge in [-0.15, -0.1) is 0 Å². The molecule has 0 spiro atoms. The fraction of sp³-hybridized carbons (Fsp3) is 0.630. The van der Waals surface area contributed by atoms with Crippen LogP contribution in [0.1, 0.15) is 71.8 Å². The number of methoxy groups -OCH3 is 1. The first-order valence-electron chi connectivity index (χ1n) is 12.4. The molecule has 3 N–H and O–H groups in total. The van der Waals surface area contributed by atoms with Gasteiger partial charge in [0.25, 0.3) is 0 Å². The van der Waals surface area contributed by atoms with Gasteiger partial charge in [-0.1, -0.05) is 25.1 Å². The van der Waals surface area contributed by atoms with Crippen LogP contribution < -0.4 is 5.32 Å². The highest BCUT2D eigenvalue weighted by atomic mass is 16.5. The second-order valence-corrected chi connectivity index (χ2v) is 9.84. The van der Waals surface area contributed by atoms with Gasteiger partial charge < -0.3 is 29.6 Å². The Morgan fingerprint density at radius 3 is 2.57 bits per heavy atom. The van der Waals surface area contributed by atoms with Crippen molar-refractivity contribution in [3.05, 3.63) is 36.0 Å². The first kappa shape index (κ1) is 28.8. The lowest BCUT2D eigenvalue weighted by atomic mass is 9.99. The molecule has 2 unspecified atom stereocenters. The lowest BCUT2D eigenvalue weighted by Gasteiger charge is -2.31. The van der Waals surface area contributed by atoms with Crippen LogP contribution in [0.2, 0.25) is 0 Å². The molecule has 8 nitrogen and oxygen atoms in total. The van der Waals surface area contributed by atoms with Crippen molar-refractivity contribution in [1.82, 2.24) is 10.3 Å². The number of fused-ring (bicyclic) bond motifs is 1. The van der Waals surface area contributed by atoms with Crippen LogP contribution in [-0.2, 0) is 30.2 Å². The number of aromatic amines is 1. The van der Waals surface area contributed by atoms with Gasteiger partial charge in [-0.3, -0.25) is 9.59 Å². The predicted octanol–water partition coefficient (Wildman–Crippen LogP) is 4.25. The van der Waals surface area contributed by atoms with Crippen molar-refractivity contribution in [3.63, 3.8) is 0 Å². The largest absolute Gasteiger partial charge is 0.466 e. The Bertz CT molecular complexity index is 941. The Labute approximate surface area is 208 Å². The van der Waals surface area contributed by atoms with E-state index in [0.29, 0.717) is 25.9 Å². The van der Waals surface area contributed by atoms with E-state index in [2.05, 4.69) is 17.2 Å². The van der Waals surface area contributed by atoms with Crippen LogP contribution in [0.25, 0.3) is 10.9 Å². The van der Waals surface area contributed by atoms with Crippen LogP contribution in [0.5, 0.6) is 0 Å². The van der Waals surface area contributed by atoms with E-state index < -0.39 is 6.23 Å². The number of esters is 1. The Morgan fingerprint density at radius 1 is 1.11 bits per heavy atom. The highest BCUT2D eigenvalue weighted by Gasteiger charge is 2.25. The van der Waals surface area contributed by atoms with Gasteiger partial charge in [0.2, 0.25) is 5.91 Å². The van der Waals surface area contributed by atoms with Crippen LogP contribution in [0.3, 0.4) is 0 Å². The minimum absolute atomic E-state index is 0.144. The minimum atomic E-state index is -0.991. The van der Waals surface area contributed by atoms with E-state index in [0.717, 1.165) is 29.3 Å². The summed E-state index contributed by atoms with van der Waals surface area (Å²) in [5.74, 6) is -0.632. The van der Waals surface area contributed by atoms with E-state index >= 15 is 0 Å². The van der Waals surface area contributed by atoms with Gasteiger partial charge in [0.1, 0.15) is 6.23 Å². The normalized spacial score (nSPS) is 14.5. The zero-order valence-electron chi connectivity index (χ0n) is 21.8. The van der Waals surface area contributed by atoms with Crippen molar-refractivity contribution in [1.29, 1.82) is 0 Å². The number of ether oxygens (including phenoxy) is 3. The zero-order valence-corrected chi connectivity index (χ0v) is 21.8. The van der Waals surface area contributed by atoms with Crippen molar-refractivity contribution in [2.24, 2.45) is 0 Å². The number of rotatable bonds is 16. The van der Waals surface area contributed by atoms with Gasteiger partial charge in [0.05, 0.1) is 24.4 Å². The highest BCUT2D eigenvalue weighted by molar-refractivity contribution is 5.83. The van der Waals surface area contributed by atoms with E-state index in [1.165, 1.54) is 0 Å². The molecule has 0 aliphatic rings. The lowest BCUT2D eigenvalue weighted by molar-refractivity contribution is -0.146. The average Bonchev–Trinajstić information content (AvgIpc) is 3.21. The minimum Gasteiger partial charge on any atom is -0.466 e. The summed E-state index contributed by atoms with van der Waals surface area (Å²) in [6, 6.07) is 7.80. The zero-order chi connectivity index (χ0) is 25.9. The number of carbonyl (C=O) groups is 2. The molecule has 1 aromatic carbocycles. The van der Waals surface area contributed by atoms with E-state index in [1.54, 1.807) is 7.11 Å². The van der Waals surface area contributed by atoms with Gasteiger partial charge in [-0.05, 0) is 51.7 Å². The first-order chi connectivity index (χ1) is 16.6. The summed E-state index contributed by atoms with van der Waals surface area (Å²) in [6.45, 7) is 8.95. The SMILES string of the molecule is CCC(C)(CCOC(=O)CCCC(=O)NC(O)Cc1c[nH]c2ccccc12)OCCC(C)(C)OC. The summed E-state index contributed by atoms with van der Waals surface area (Å²) in [4.78, 5) is 27.4. The number of aromatic nitrogens is 1. The molecule has 1 amide bonds. The summed E-state index contributed by atoms with van der Waals surface area (Å²) in [5.41, 5.74) is 1.31. The topological polar surface area (TPSA) is 110 Å². The highest BCUT2D eigenvalue weighted by Crippen LogP contribution is 2.23. The van der Waals surface area contributed by atoms with Crippen LogP contribution in [0, 0.1) is 0 Å². The summed E-state index contributed by atoms with van der Waals surface area (Å²) in [5, 5.41) is 13.8. The maximum Gasteiger partial charge on any atom is 0.305 e. The summed E-state index contributed by atoms with van der Waals surface area (Å²) < 4.78 is 16.8. The molecule has 0 aliphatic carbocycles. The Balaban J connectivity index is 1.62. The molecule has 2 atom stereocenters. The summed E-state index contributed by atoms with van der Waals surface area (Å²) in [6.07, 6.45) is 3.99. The van der Waals surface area contributed by atoms with Crippen molar-refractivity contribution in [2.75, 3.05) is 20.3 Å². The molecule has 8 heteroatoms. The third-order valence-corrected chi connectivity index (χ3v) is 6.55. The van der Waals surface area contributed by atoms with Gasteiger partial charge in [-0.25, -0.2) is 0 Å². The van der Waals surface area contributed by atoms with E-state index in [-0.39, 0.29) is 42.5 Å². The quantitative estimate of drug-likeness (QED) is 0.240. The van der Waals surface area contributed by atoms with Gasteiger partial charge in [0.15, 0.2) is 0 Å². The van der Waals surface area contributed by atoms with Crippen LogP contribution in [0.4, 0.5) is 0 Å². The number of benzene rings is 1. The van der Waals surface area contributed by atoms with Crippen molar-refractivity contribution < 1.29 is 28.9 Å². The van der Waals surface area contributed by atoms with E-state index in [1.807, 2.05) is 51.2 Å². The van der Waals surface area contributed by atoms with Crippen LogP contribution >= 0.6 is 0 Å². The maximum atomic E-state index is 12.1. The lowest BCUT2D eigenvalue weighted by Crippen LogP contribution is -2.36. The first-order valence-corrected chi connectivity index (χ1v) is 12.4. The monoisotopic (exact) mass is 490 g/mol. The van der Waals surface area contributed by atoms with Gasteiger partial charge in [0, 0.05) is 49.9 Å². The van der Waals surface area contributed by atoms with Crippen LogP contribution in [0.15, 0.2) is 30.5 Å². The molecule has 35 heavy (non-hydrogen) atoms. The number of nitrogens with one attached hydrogen (secondary N) is 2. The Kier molecular flexibility index (Phi) is 11.2. The molecule has 0 aliphatic heterocycles. The molecule has 0 radical (unpaired) electrons. The predicted molar refractivity (Wildman–Crippen MR) is 136 cm³/mol. The summed E-state index contributed by atoms with van der Waals surface area (Å²) in [7, 11) is 1.69. The van der Waals surface area contributed by atoms with Crippen molar-refractivity contribution in [3.8, 4) is 0 Å². The molecular weight excluding hydrogens is 448 g/mol. The smallest absolute Gasteiger partial charge is 0.305 e. The molecule has 0 fully saturated rings. The average molecular weight is 491 g/mol. The number of aliphatic hydroxyl groups is 1. The molecule has 196 valence electrons. The number of aliphatic hydroxyl groups excluding tert-OH is 1. The number of hydrogen-bond donors (Lipinski definition) is 3. The van der Waals surface area contributed by atoms with Gasteiger partial charge >= 0.3 is 5.97 Å². The van der Waals surface area contributed by atoms with Crippen molar-refractivity contribution in [2.45, 2.75) is 90.1 Å². The fourth-order valence-electron chi connectivity index (χ4n) is 3.66. The van der Waals surface area contributed by atoms with Gasteiger partial charge in [-0.2, -0.15) is 0 Å². The number of carbonyl (C=O) groups excluding carboxylic acids is 2. The second-order valence-electron chi connectivity index (χ2n) is 9.84. The van der Waals surface area contributed by atoms with Crippen LogP contribution in [-0.4, -0.2) is 59.7 Å². The van der Waals surface area contributed by atoms with E-state index in [9.17, 15) is 14.7 Å². The molecular formula is C27H42N2O6. The number of hydrogen-bond acceptors (Lipinski definition) is 6. The molecule has 1 aromatic heterocycles. The second kappa shape index (κ2) is 13.6. The fourth-order valence-corrected chi connectivity index (χ4v) is 3.66. The Hall–Kier alpha value is -2.42. The number of H-pyrrole nitrogens is 1. The molecule has 0 saturated carbocycles. The third kappa shape index (κ3) is 9.99. The standard InChI is InChI=1S/C27H42N2O6/c1-6-27(4,35-17-14-26(2,3)33-5)15-16-34-25(32)13-9-12-23(30)29-24(31)18-20-19-28-22-11-8-7-10-21(20)22/h7-8,10-11,19,24,28,31H,6,9,12-18H2,1-5H3,(H,29,30). The summed E-state index contributed by atoms with van der Waals surface area (Å²) >= 11 is 0. The molecule has 2 rings (SSSR count). The molecule has 0 bridgehead atoms. The molecule has 1 heterocycles. The third-order valence-electron chi connectivity index (χ3n) is 6.55. The number of amides is 1. The molecule has 2 aromatic rings. The Morgan fingerprint density at radius 2 is 1.86 bits per heavy atom. The molecule has 0 saturated heterocycles. The van der Waals surface area contributed by atoms with Crippen molar-refractivity contribution >= 4 is 22.8 Å². The number of para-hydroxylation sites is 1.